The Morgan fingerprint density at radius 3 is 2.50 bits per heavy atom. The third-order valence-corrected chi connectivity index (χ3v) is 5.42. The molecule has 1 aliphatic carbocycles. The van der Waals surface area contributed by atoms with Gasteiger partial charge in [-0.3, -0.25) is 4.90 Å². The lowest BCUT2D eigenvalue weighted by molar-refractivity contribution is 0.195. The molecule has 4 rings (SSSR count). The highest BCUT2D eigenvalue weighted by Gasteiger charge is 2.36. The number of likely N-dealkylation sites (tertiary alicyclic amines) is 1. The molecule has 0 unspecified atom stereocenters. The Morgan fingerprint density at radius 1 is 1.12 bits per heavy atom. The average Bonchev–Trinajstić information content (AvgIpc) is 3.08. The fraction of sp³-hybridized carbons (Fsp3) is 0.526. The minimum atomic E-state index is -0.235. The lowest BCUT2D eigenvalue weighted by Gasteiger charge is -2.26. The van der Waals surface area contributed by atoms with Crippen molar-refractivity contribution in [3.63, 3.8) is 0 Å². The standard InChI is InChI=1S/C19H24FN3O/c20-16-7-5-15(6-8-16)18(14-3-4-14)21-19(24)23-12-9-17(13-23)22-10-1-2-11-22/h1-2,5-8,14,17-18H,3-4,9-13H2,(H,21,24)/t17-,18-/m1/s1. The summed E-state index contributed by atoms with van der Waals surface area (Å²) in [6, 6.07) is 7.03. The molecule has 128 valence electrons. The second kappa shape index (κ2) is 6.55. The van der Waals surface area contributed by atoms with E-state index in [9.17, 15) is 9.18 Å². The first-order valence-electron chi connectivity index (χ1n) is 8.90. The first-order valence-corrected chi connectivity index (χ1v) is 8.90. The van der Waals surface area contributed by atoms with E-state index in [1.807, 2.05) is 4.90 Å². The van der Waals surface area contributed by atoms with Crippen LogP contribution in [-0.2, 0) is 0 Å². The van der Waals surface area contributed by atoms with E-state index < -0.39 is 0 Å². The molecule has 3 aliphatic rings. The highest BCUT2D eigenvalue weighted by Crippen LogP contribution is 2.41. The number of carbonyl (C=O) groups excluding carboxylic acids is 1. The molecule has 0 bridgehead atoms. The van der Waals surface area contributed by atoms with E-state index in [2.05, 4.69) is 22.4 Å². The van der Waals surface area contributed by atoms with Gasteiger partial charge in [-0.2, -0.15) is 0 Å². The molecule has 0 spiro atoms. The third-order valence-electron chi connectivity index (χ3n) is 5.42. The Hall–Kier alpha value is -1.88. The number of rotatable bonds is 4. The number of halogens is 1. The van der Waals surface area contributed by atoms with Crippen molar-refractivity contribution in [3.05, 3.63) is 47.8 Å². The summed E-state index contributed by atoms with van der Waals surface area (Å²) in [5.41, 5.74) is 1.01. The number of benzene rings is 1. The van der Waals surface area contributed by atoms with E-state index in [0.717, 1.165) is 51.0 Å². The lowest BCUT2D eigenvalue weighted by Crippen LogP contribution is -2.43. The summed E-state index contributed by atoms with van der Waals surface area (Å²) in [6.45, 7) is 3.61. The van der Waals surface area contributed by atoms with E-state index in [4.69, 9.17) is 0 Å². The van der Waals surface area contributed by atoms with E-state index >= 15 is 0 Å². The number of amides is 2. The van der Waals surface area contributed by atoms with Crippen molar-refractivity contribution in [2.45, 2.75) is 31.3 Å². The minimum absolute atomic E-state index is 0.00519. The minimum Gasteiger partial charge on any atom is -0.331 e. The number of hydrogen-bond acceptors (Lipinski definition) is 2. The fourth-order valence-electron chi connectivity index (χ4n) is 3.81. The molecule has 1 aromatic rings. The summed E-state index contributed by atoms with van der Waals surface area (Å²) in [6.07, 6.45) is 7.69. The van der Waals surface area contributed by atoms with E-state index in [0.29, 0.717) is 12.0 Å². The van der Waals surface area contributed by atoms with Crippen molar-refractivity contribution in [1.82, 2.24) is 15.1 Å². The van der Waals surface area contributed by atoms with Gasteiger partial charge < -0.3 is 10.2 Å². The predicted molar refractivity (Wildman–Crippen MR) is 91.1 cm³/mol. The summed E-state index contributed by atoms with van der Waals surface area (Å²) < 4.78 is 13.2. The summed E-state index contributed by atoms with van der Waals surface area (Å²) >= 11 is 0. The molecule has 0 aromatic heterocycles. The van der Waals surface area contributed by atoms with Gasteiger partial charge in [0.1, 0.15) is 5.82 Å². The number of hydrogen-bond donors (Lipinski definition) is 1. The SMILES string of the molecule is O=C(N[C@@H](c1ccc(F)cc1)C1CC1)N1CC[C@@H](N2CC=CC2)C1. The molecule has 1 N–H and O–H groups in total. The Labute approximate surface area is 142 Å². The van der Waals surface area contributed by atoms with Gasteiger partial charge in [0.15, 0.2) is 0 Å². The highest BCUT2D eigenvalue weighted by molar-refractivity contribution is 5.75. The molecule has 24 heavy (non-hydrogen) atoms. The van der Waals surface area contributed by atoms with Crippen LogP contribution in [0.15, 0.2) is 36.4 Å². The maximum atomic E-state index is 13.2. The van der Waals surface area contributed by atoms with Crippen LogP contribution >= 0.6 is 0 Å². The summed E-state index contributed by atoms with van der Waals surface area (Å²) in [4.78, 5) is 17.0. The zero-order valence-electron chi connectivity index (χ0n) is 13.8. The van der Waals surface area contributed by atoms with E-state index in [-0.39, 0.29) is 17.9 Å². The number of urea groups is 1. The van der Waals surface area contributed by atoms with Crippen LogP contribution < -0.4 is 5.32 Å². The van der Waals surface area contributed by atoms with Crippen molar-refractivity contribution in [2.24, 2.45) is 5.92 Å². The van der Waals surface area contributed by atoms with Gasteiger partial charge in [0.05, 0.1) is 6.04 Å². The molecule has 5 heteroatoms. The van der Waals surface area contributed by atoms with Crippen molar-refractivity contribution in [3.8, 4) is 0 Å². The van der Waals surface area contributed by atoms with Gasteiger partial charge in [0.25, 0.3) is 0 Å². The quantitative estimate of drug-likeness (QED) is 0.862. The predicted octanol–water partition coefficient (Wildman–Crippen LogP) is 2.93. The maximum Gasteiger partial charge on any atom is 0.317 e. The molecule has 2 heterocycles. The topological polar surface area (TPSA) is 35.6 Å². The smallest absolute Gasteiger partial charge is 0.317 e. The molecule has 2 amide bonds. The van der Waals surface area contributed by atoms with Crippen molar-refractivity contribution < 1.29 is 9.18 Å². The van der Waals surface area contributed by atoms with Crippen LogP contribution in [0.1, 0.15) is 30.9 Å². The van der Waals surface area contributed by atoms with Gasteiger partial charge in [-0.25, -0.2) is 9.18 Å². The molecule has 2 aliphatic heterocycles. The summed E-state index contributed by atoms with van der Waals surface area (Å²) in [5, 5.41) is 3.20. The second-order valence-electron chi connectivity index (χ2n) is 7.13. The first-order chi connectivity index (χ1) is 11.7. The molecule has 1 saturated carbocycles. The monoisotopic (exact) mass is 329 g/mol. The number of nitrogens with one attached hydrogen (secondary N) is 1. The van der Waals surface area contributed by atoms with E-state index in [1.54, 1.807) is 12.1 Å². The summed E-state index contributed by atoms with van der Waals surface area (Å²) in [7, 11) is 0. The second-order valence-corrected chi connectivity index (χ2v) is 7.13. The van der Waals surface area contributed by atoms with E-state index in [1.165, 1.54) is 12.1 Å². The van der Waals surface area contributed by atoms with Crippen LogP contribution in [0.2, 0.25) is 0 Å². The molecular weight excluding hydrogens is 305 g/mol. The zero-order valence-corrected chi connectivity index (χ0v) is 13.8. The Kier molecular flexibility index (Phi) is 4.27. The third kappa shape index (κ3) is 3.31. The van der Waals surface area contributed by atoms with Crippen molar-refractivity contribution >= 4 is 6.03 Å². The van der Waals surface area contributed by atoms with Crippen molar-refractivity contribution in [2.75, 3.05) is 26.2 Å². The van der Waals surface area contributed by atoms with Crippen LogP contribution in [0.5, 0.6) is 0 Å². The summed E-state index contributed by atoms with van der Waals surface area (Å²) in [5.74, 6) is 0.252. The molecule has 4 nitrogen and oxygen atoms in total. The Bertz CT molecular complexity index is 618. The molecule has 0 radical (unpaired) electrons. The van der Waals surface area contributed by atoms with Gasteiger partial charge in [0.2, 0.25) is 0 Å². The molecule has 1 aromatic carbocycles. The number of nitrogens with zero attached hydrogens (tertiary/aromatic N) is 2. The normalized spacial score (nSPS) is 25.2. The van der Waals surface area contributed by atoms with Crippen LogP contribution in [-0.4, -0.2) is 48.1 Å². The van der Waals surface area contributed by atoms with Gasteiger partial charge in [-0.1, -0.05) is 24.3 Å². The van der Waals surface area contributed by atoms with Gasteiger partial charge in [0, 0.05) is 32.2 Å². The van der Waals surface area contributed by atoms with Crippen LogP contribution in [0.4, 0.5) is 9.18 Å². The van der Waals surface area contributed by atoms with Gasteiger partial charge >= 0.3 is 6.03 Å². The molecular formula is C19H24FN3O. The highest BCUT2D eigenvalue weighted by atomic mass is 19.1. The Balaban J connectivity index is 1.38. The lowest BCUT2D eigenvalue weighted by atomic mass is 10.0. The number of carbonyl (C=O) groups is 1. The van der Waals surface area contributed by atoms with Crippen LogP contribution in [0, 0.1) is 11.7 Å². The molecule has 2 fully saturated rings. The maximum absolute atomic E-state index is 13.2. The zero-order chi connectivity index (χ0) is 16.5. The van der Waals surface area contributed by atoms with Gasteiger partial charge in [-0.15, -0.1) is 0 Å². The molecule has 1 saturated heterocycles. The Morgan fingerprint density at radius 2 is 1.83 bits per heavy atom. The largest absolute Gasteiger partial charge is 0.331 e. The van der Waals surface area contributed by atoms with Crippen LogP contribution in [0.3, 0.4) is 0 Å². The molecule has 2 atom stereocenters. The first kappa shape index (κ1) is 15.6. The van der Waals surface area contributed by atoms with Crippen LogP contribution in [0.25, 0.3) is 0 Å². The average molecular weight is 329 g/mol. The van der Waals surface area contributed by atoms with Gasteiger partial charge in [-0.05, 0) is 42.9 Å². The van der Waals surface area contributed by atoms with Crippen molar-refractivity contribution in [1.29, 1.82) is 0 Å². The fourth-order valence-corrected chi connectivity index (χ4v) is 3.81.